The number of hydrogen-bond donors (Lipinski definition) is 6. The largest absolute Gasteiger partial charge is 0.497 e. The van der Waals surface area contributed by atoms with E-state index in [2.05, 4.69) is 31.9 Å². The lowest BCUT2D eigenvalue weighted by molar-refractivity contribution is -0.154. The van der Waals surface area contributed by atoms with Crippen LogP contribution < -0.4 is 57.3 Å². The lowest BCUT2D eigenvalue weighted by Crippen LogP contribution is -2.61. The van der Waals surface area contributed by atoms with E-state index < -0.39 is 109 Å². The molecule has 436 valence electrons. The van der Waals surface area contributed by atoms with Gasteiger partial charge in [0, 0.05) is 0 Å². The number of hydrogen-bond acceptors (Lipinski definition) is 12. The van der Waals surface area contributed by atoms with Gasteiger partial charge in [0.15, 0.2) is 5.78 Å². The summed E-state index contributed by atoms with van der Waals surface area (Å²) in [6, 6.07) is 32.7. The third-order valence-electron chi connectivity index (χ3n) is 13.5. The molecule has 0 saturated carbocycles. The first-order valence-electron chi connectivity index (χ1n) is 27.4. The molecule has 1 aliphatic rings. The van der Waals surface area contributed by atoms with Crippen molar-refractivity contribution >= 4 is 75.5 Å². The second kappa shape index (κ2) is 28.4. The van der Waals surface area contributed by atoms with Gasteiger partial charge >= 0.3 is 12.1 Å². The highest BCUT2D eigenvalue weighted by Gasteiger charge is 2.43. The summed E-state index contributed by atoms with van der Waals surface area (Å²) >= 11 is 0. The van der Waals surface area contributed by atoms with Crippen LogP contribution in [0.15, 0.2) is 140 Å². The zero-order valence-corrected chi connectivity index (χ0v) is 49.3. The van der Waals surface area contributed by atoms with Crippen molar-refractivity contribution < 1.29 is 57.3 Å². The van der Waals surface area contributed by atoms with Gasteiger partial charge in [-0.1, -0.05) is 143 Å². The zero-order valence-electron chi connectivity index (χ0n) is 48.4. The van der Waals surface area contributed by atoms with Gasteiger partial charge in [-0.25, -0.2) is 9.59 Å². The summed E-state index contributed by atoms with van der Waals surface area (Å²) < 4.78 is 22.2. The number of ether oxygens (including phenoxy) is 4. The number of methoxy groups -OCH3 is 2. The number of esters is 1. The van der Waals surface area contributed by atoms with E-state index in [0.717, 1.165) is 0 Å². The van der Waals surface area contributed by atoms with Crippen molar-refractivity contribution in [3.8, 4) is 11.5 Å². The highest BCUT2D eigenvalue weighted by molar-refractivity contribution is 7.97. The molecule has 1 aliphatic heterocycles. The lowest BCUT2D eigenvalue weighted by atomic mass is 9.96. The molecular formula is C63H77N6O12P. The number of alkyl carbamates (subject to hydrolysis) is 1. The number of nitrogens with one attached hydrogen (secondary N) is 6. The Labute approximate surface area is 480 Å². The van der Waals surface area contributed by atoms with Gasteiger partial charge in [0.1, 0.15) is 47.4 Å². The van der Waals surface area contributed by atoms with Crippen LogP contribution >= 0.6 is 6.89 Å². The Morgan fingerprint density at radius 1 is 0.585 bits per heavy atom. The molecule has 1 saturated heterocycles. The van der Waals surface area contributed by atoms with Gasteiger partial charge in [0.05, 0.1) is 38.0 Å². The van der Waals surface area contributed by atoms with Gasteiger partial charge in [-0.15, -0.1) is 0 Å². The average molecular weight is 1140 g/mol. The second-order valence-electron chi connectivity index (χ2n) is 22.0. The molecule has 0 spiro atoms. The van der Waals surface area contributed by atoms with Crippen LogP contribution in [-0.2, 0) is 43.0 Å². The Morgan fingerprint density at radius 2 is 1.02 bits per heavy atom. The average Bonchev–Trinajstić information content (AvgIpc) is 1.23. The van der Waals surface area contributed by atoms with Crippen molar-refractivity contribution in [2.45, 2.75) is 130 Å². The molecule has 5 aromatic rings. The first-order valence-corrected chi connectivity index (χ1v) is 29.2. The van der Waals surface area contributed by atoms with E-state index in [4.69, 9.17) is 18.9 Å². The maximum absolute atomic E-state index is 16.4. The van der Waals surface area contributed by atoms with Crippen molar-refractivity contribution in [3.05, 3.63) is 151 Å². The van der Waals surface area contributed by atoms with Crippen molar-refractivity contribution in [2.75, 3.05) is 14.2 Å². The number of Topliss-reactive ketones (excluding diaryl/α,β-unsaturated/α-hetero) is 1. The Balaban J connectivity index is 1.58. The van der Waals surface area contributed by atoms with Crippen molar-refractivity contribution in [2.24, 2.45) is 11.8 Å². The summed E-state index contributed by atoms with van der Waals surface area (Å²) in [4.78, 5) is 120. The van der Waals surface area contributed by atoms with Crippen molar-refractivity contribution in [3.63, 3.8) is 0 Å². The molecule has 5 aromatic carbocycles. The molecule has 0 aliphatic carbocycles. The van der Waals surface area contributed by atoms with E-state index in [9.17, 15) is 19.2 Å². The molecule has 6 atom stereocenters. The summed E-state index contributed by atoms with van der Waals surface area (Å²) in [5.41, 5.74) is 0.256. The van der Waals surface area contributed by atoms with E-state index in [1.807, 2.05) is 82.3 Å². The van der Waals surface area contributed by atoms with E-state index >= 15 is 19.2 Å². The molecular weight excluding hydrogens is 1060 g/mol. The smallest absolute Gasteiger partial charge is 0.408 e. The minimum absolute atomic E-state index is 0.0190. The maximum Gasteiger partial charge on any atom is 0.408 e. The van der Waals surface area contributed by atoms with E-state index in [1.165, 1.54) is 28.1 Å². The quantitative estimate of drug-likeness (QED) is 0.0528. The van der Waals surface area contributed by atoms with Crippen LogP contribution in [0.1, 0.15) is 98.7 Å². The SMILES string of the molecule is COc1ccc(C(NC(=O)CC2NC(=O)[C@H](CC(C)C)NC(=O)C(=P(c3ccccc3)(c3ccccc3)c3ccccc3)C(=O)[C@H](CC(C)C)NC(=O)[C@@H](NC(=O)OC(C)(C)C)[C@@H](C)OC(=O)[C@@H](C)NC2=O)c2ccc(OC)cc2)cc1. The van der Waals surface area contributed by atoms with Crippen molar-refractivity contribution in [1.29, 1.82) is 0 Å². The van der Waals surface area contributed by atoms with Crippen molar-refractivity contribution in [1.82, 2.24) is 31.9 Å². The number of carbonyl (C=O) groups excluding carboxylic acids is 8. The third kappa shape index (κ3) is 16.2. The number of benzene rings is 5. The van der Waals surface area contributed by atoms with Gasteiger partial charge in [-0.05, 0) is 117 Å². The predicted octanol–water partition coefficient (Wildman–Crippen LogP) is 5.93. The highest BCUT2D eigenvalue weighted by Crippen LogP contribution is 2.47. The normalized spacial score (nSPS) is 19.9. The first kappa shape index (κ1) is 62.9. The summed E-state index contributed by atoms with van der Waals surface area (Å²) in [5.74, 6) is -5.73. The minimum atomic E-state index is -3.70. The fourth-order valence-corrected chi connectivity index (χ4v) is 14.1. The Morgan fingerprint density at radius 3 is 1.46 bits per heavy atom. The van der Waals surface area contributed by atoms with E-state index in [-0.39, 0.29) is 30.0 Å². The first-order chi connectivity index (χ1) is 38.9. The zero-order chi connectivity index (χ0) is 59.9. The summed E-state index contributed by atoms with van der Waals surface area (Å²) in [7, 11) is 3.06. The molecule has 6 amide bonds. The molecule has 82 heavy (non-hydrogen) atoms. The molecule has 0 radical (unpaired) electrons. The van der Waals surface area contributed by atoms with Gasteiger partial charge in [-0.3, -0.25) is 28.8 Å². The molecule has 1 unspecified atom stereocenters. The van der Waals surface area contributed by atoms with Gasteiger partial charge in [0.2, 0.25) is 23.6 Å². The Kier molecular flexibility index (Phi) is 21.8. The molecule has 18 nitrogen and oxygen atoms in total. The molecule has 6 rings (SSSR count). The Hall–Kier alpha value is -8.24. The van der Waals surface area contributed by atoms with Crippen LogP contribution in [0.3, 0.4) is 0 Å². The fraction of sp³-hybridized carbons (Fsp3) is 0.381. The van der Waals surface area contributed by atoms with Gasteiger partial charge < -0.3 is 50.8 Å². The molecule has 1 fully saturated rings. The number of ketones is 1. The standard InChI is InChI=1S/C63H77N6O12P/c1-38(2)35-49-55(71)56(82(46-21-15-12-16-22-46,47-23-17-13-18-24-47)48-25-19-14-20-26-48)60(75)67-50(36-39(3)4)58(73)66-51(37-52(70)68-54(42-27-31-44(78-10)32-28-42)43-29-33-45(79-11)34-30-43)57(72)64-40(5)61(76)80-41(6)53(59(74)65-49)69-62(77)81-63(7,8)9/h12-34,38-41,49-51,53-54H,35-37H2,1-11H3,(H,64,72)(H,65,74)(H,66,73)(H,67,75)(H,68,70)(H,69,77)/t40-,41-,49+,50+,51?,53+/m1/s1. The summed E-state index contributed by atoms with van der Waals surface area (Å²) in [6.07, 6.45) is -3.26. The predicted molar refractivity (Wildman–Crippen MR) is 317 cm³/mol. The lowest BCUT2D eigenvalue weighted by Gasteiger charge is -2.34. The number of amides is 6. The van der Waals surface area contributed by atoms with Crippen LogP contribution in [-0.4, -0.2) is 109 Å². The van der Waals surface area contributed by atoms with Crippen LogP contribution in [0.5, 0.6) is 11.5 Å². The number of carbonyl (C=O) groups is 8. The summed E-state index contributed by atoms with van der Waals surface area (Å²) in [6.45, 7) is 11.2. The highest BCUT2D eigenvalue weighted by atomic mass is 31.2. The summed E-state index contributed by atoms with van der Waals surface area (Å²) in [5, 5.41) is 18.2. The van der Waals surface area contributed by atoms with Crippen LogP contribution in [0, 0.1) is 11.8 Å². The fourth-order valence-electron chi connectivity index (χ4n) is 9.67. The molecule has 1 heterocycles. The Bertz CT molecular complexity index is 2940. The van der Waals surface area contributed by atoms with E-state index in [0.29, 0.717) is 38.5 Å². The molecule has 6 N–H and O–H groups in total. The topological polar surface area (TPSA) is 246 Å². The maximum atomic E-state index is 16.4. The second-order valence-corrected chi connectivity index (χ2v) is 25.4. The van der Waals surface area contributed by atoms with Crippen LogP contribution in [0.25, 0.3) is 0 Å². The molecule has 0 aromatic heterocycles. The number of cyclic esters (lactones) is 1. The van der Waals surface area contributed by atoms with Crippen LogP contribution in [0.2, 0.25) is 0 Å². The monoisotopic (exact) mass is 1140 g/mol. The van der Waals surface area contributed by atoms with Crippen LogP contribution in [0.4, 0.5) is 4.79 Å². The molecule has 19 heteroatoms. The number of rotatable bonds is 15. The third-order valence-corrected chi connectivity index (χ3v) is 17.9. The molecule has 0 bridgehead atoms. The van der Waals surface area contributed by atoms with E-state index in [1.54, 1.807) is 106 Å². The van der Waals surface area contributed by atoms with Gasteiger partial charge in [0.25, 0.3) is 5.91 Å². The minimum Gasteiger partial charge on any atom is -0.497 e. The van der Waals surface area contributed by atoms with Gasteiger partial charge in [-0.2, -0.15) is 0 Å².